The second-order valence-corrected chi connectivity index (χ2v) is 4.19. The number of aromatic nitrogens is 1. The molecule has 22 heavy (non-hydrogen) atoms. The van der Waals surface area contributed by atoms with E-state index in [0.717, 1.165) is 0 Å². The van der Waals surface area contributed by atoms with E-state index in [1.807, 2.05) is 13.8 Å². The van der Waals surface area contributed by atoms with E-state index in [4.69, 9.17) is 18.9 Å². The van der Waals surface area contributed by atoms with Gasteiger partial charge in [-0.15, -0.1) is 0 Å². The van der Waals surface area contributed by atoms with Gasteiger partial charge in [-0.25, -0.2) is 9.59 Å². The van der Waals surface area contributed by atoms with E-state index in [0.29, 0.717) is 13.2 Å². The molecule has 0 bridgehead atoms. The van der Waals surface area contributed by atoms with Gasteiger partial charge in [0.05, 0.1) is 24.3 Å². The Kier molecular flexibility index (Phi) is 7.62. The summed E-state index contributed by atoms with van der Waals surface area (Å²) in [5.41, 5.74) is 0.259. The van der Waals surface area contributed by atoms with Crippen LogP contribution in [0.3, 0.4) is 0 Å². The molecule has 1 aromatic rings. The predicted molar refractivity (Wildman–Crippen MR) is 78.6 cm³/mol. The maximum Gasteiger partial charge on any atom is 0.340 e. The van der Waals surface area contributed by atoms with Crippen LogP contribution in [-0.4, -0.2) is 42.9 Å². The highest BCUT2D eigenvalue weighted by Crippen LogP contribution is 2.20. The van der Waals surface area contributed by atoms with Crippen molar-refractivity contribution in [1.29, 1.82) is 0 Å². The molecular formula is C15H23NO6. The second kappa shape index (κ2) is 9.22. The first-order valence-electron chi connectivity index (χ1n) is 7.37. The fourth-order valence-corrected chi connectivity index (χ4v) is 1.84. The lowest BCUT2D eigenvalue weighted by atomic mass is 10.2. The Morgan fingerprint density at radius 1 is 0.864 bits per heavy atom. The molecule has 0 fully saturated rings. The Bertz CT molecular complexity index is 455. The zero-order valence-electron chi connectivity index (χ0n) is 13.5. The molecule has 1 rings (SSSR count). The molecular weight excluding hydrogens is 290 g/mol. The van der Waals surface area contributed by atoms with Crippen molar-refractivity contribution in [3.05, 3.63) is 23.5 Å². The number of hydrogen-bond acceptors (Lipinski definition) is 6. The highest BCUT2D eigenvalue weighted by molar-refractivity contribution is 6.03. The number of rotatable bonds is 9. The van der Waals surface area contributed by atoms with Crippen LogP contribution in [-0.2, 0) is 18.9 Å². The van der Waals surface area contributed by atoms with Crippen LogP contribution in [0, 0.1) is 0 Å². The van der Waals surface area contributed by atoms with Gasteiger partial charge in [-0.1, -0.05) is 0 Å². The third-order valence-corrected chi connectivity index (χ3v) is 2.70. The van der Waals surface area contributed by atoms with Crippen molar-refractivity contribution in [1.82, 2.24) is 4.57 Å². The van der Waals surface area contributed by atoms with Gasteiger partial charge in [0.2, 0.25) is 6.41 Å². The summed E-state index contributed by atoms with van der Waals surface area (Å²) in [6.07, 6.45) is 2.23. The number of ether oxygens (including phenoxy) is 4. The molecule has 0 radical (unpaired) electrons. The first kappa shape index (κ1) is 18.2. The Morgan fingerprint density at radius 3 is 1.59 bits per heavy atom. The molecule has 1 heterocycles. The van der Waals surface area contributed by atoms with Gasteiger partial charge >= 0.3 is 11.9 Å². The van der Waals surface area contributed by atoms with E-state index in [-0.39, 0.29) is 24.3 Å². The maximum absolute atomic E-state index is 12.0. The van der Waals surface area contributed by atoms with E-state index < -0.39 is 18.4 Å². The molecule has 7 heteroatoms. The third-order valence-electron chi connectivity index (χ3n) is 2.70. The van der Waals surface area contributed by atoms with Crippen molar-refractivity contribution in [3.63, 3.8) is 0 Å². The molecule has 0 saturated carbocycles. The zero-order chi connectivity index (χ0) is 16.5. The minimum absolute atomic E-state index is 0.129. The summed E-state index contributed by atoms with van der Waals surface area (Å²) in [7, 11) is 0. The summed E-state index contributed by atoms with van der Waals surface area (Å²) in [5, 5.41) is 0. The van der Waals surface area contributed by atoms with Gasteiger partial charge in [0.25, 0.3) is 0 Å². The van der Waals surface area contributed by atoms with E-state index in [9.17, 15) is 9.59 Å². The molecule has 0 N–H and O–H groups in total. The SMILES string of the molecule is CCOC(=O)c1cn(C(OCC)OCC)cc1C(=O)OCC. The van der Waals surface area contributed by atoms with E-state index >= 15 is 0 Å². The van der Waals surface area contributed by atoms with Gasteiger partial charge in [0.15, 0.2) is 0 Å². The lowest BCUT2D eigenvalue weighted by Gasteiger charge is -2.18. The van der Waals surface area contributed by atoms with Crippen molar-refractivity contribution in [2.24, 2.45) is 0 Å². The Morgan fingerprint density at radius 2 is 1.27 bits per heavy atom. The van der Waals surface area contributed by atoms with Crippen molar-refractivity contribution >= 4 is 11.9 Å². The van der Waals surface area contributed by atoms with Crippen LogP contribution in [0.1, 0.15) is 54.8 Å². The van der Waals surface area contributed by atoms with E-state index in [1.54, 1.807) is 13.8 Å². The Hall–Kier alpha value is -1.86. The molecule has 7 nitrogen and oxygen atoms in total. The number of esters is 2. The Balaban J connectivity index is 3.17. The van der Waals surface area contributed by atoms with Gasteiger partial charge in [0, 0.05) is 25.6 Å². The summed E-state index contributed by atoms with van der Waals surface area (Å²) >= 11 is 0. The monoisotopic (exact) mass is 313 g/mol. The van der Waals surface area contributed by atoms with Gasteiger partial charge in [-0.3, -0.25) is 0 Å². The highest BCUT2D eigenvalue weighted by Gasteiger charge is 2.24. The quantitative estimate of drug-likeness (QED) is 0.514. The minimum atomic E-state index is -0.716. The number of carbonyl (C=O) groups excluding carboxylic acids is 2. The van der Waals surface area contributed by atoms with Crippen LogP contribution >= 0.6 is 0 Å². The molecule has 1 aromatic heterocycles. The second-order valence-electron chi connectivity index (χ2n) is 4.19. The lowest BCUT2D eigenvalue weighted by molar-refractivity contribution is -0.185. The van der Waals surface area contributed by atoms with Crippen LogP contribution in [0.5, 0.6) is 0 Å². The van der Waals surface area contributed by atoms with Crippen LogP contribution in [0.25, 0.3) is 0 Å². The summed E-state index contributed by atoms with van der Waals surface area (Å²) < 4.78 is 22.4. The molecule has 124 valence electrons. The van der Waals surface area contributed by atoms with Crippen molar-refractivity contribution < 1.29 is 28.5 Å². The topological polar surface area (TPSA) is 76.0 Å². The molecule has 0 spiro atoms. The largest absolute Gasteiger partial charge is 0.462 e. The summed E-state index contributed by atoms with van der Waals surface area (Å²) in [6.45, 7) is 8.32. The number of hydrogen-bond donors (Lipinski definition) is 0. The van der Waals surface area contributed by atoms with Gasteiger partial charge in [0.1, 0.15) is 0 Å². The average Bonchev–Trinajstić information content (AvgIpc) is 2.93. The van der Waals surface area contributed by atoms with Gasteiger partial charge < -0.3 is 23.5 Å². The normalized spacial score (nSPS) is 10.8. The average molecular weight is 313 g/mol. The number of nitrogens with zero attached hydrogens (tertiary/aromatic N) is 1. The predicted octanol–water partition coefficient (Wildman–Crippen LogP) is 2.37. The molecule has 0 saturated heterocycles. The lowest BCUT2D eigenvalue weighted by Crippen LogP contribution is -2.15. The van der Waals surface area contributed by atoms with Crippen LogP contribution in [0.15, 0.2) is 12.4 Å². The molecule has 0 atom stereocenters. The first-order chi connectivity index (χ1) is 10.6. The van der Waals surface area contributed by atoms with Crippen LogP contribution in [0.4, 0.5) is 0 Å². The van der Waals surface area contributed by atoms with Gasteiger partial charge in [-0.2, -0.15) is 0 Å². The maximum atomic E-state index is 12.0. The molecule has 0 aliphatic rings. The van der Waals surface area contributed by atoms with Crippen LogP contribution < -0.4 is 0 Å². The summed E-state index contributed by atoms with van der Waals surface area (Å²) in [5.74, 6) is -1.17. The fraction of sp³-hybridized carbons (Fsp3) is 0.600. The number of carbonyl (C=O) groups is 2. The Labute approximate surface area is 130 Å². The molecule has 0 amide bonds. The zero-order valence-corrected chi connectivity index (χ0v) is 13.5. The van der Waals surface area contributed by atoms with E-state index in [1.165, 1.54) is 17.0 Å². The first-order valence-corrected chi connectivity index (χ1v) is 7.37. The third kappa shape index (κ3) is 4.57. The molecule has 0 unspecified atom stereocenters. The molecule has 0 aromatic carbocycles. The van der Waals surface area contributed by atoms with Gasteiger partial charge in [-0.05, 0) is 27.7 Å². The van der Waals surface area contributed by atoms with Crippen molar-refractivity contribution in [2.75, 3.05) is 26.4 Å². The summed E-state index contributed by atoms with van der Waals surface area (Å²) in [4.78, 5) is 24.0. The standard InChI is InChI=1S/C15H23NO6/c1-5-19-13(17)11-9-16(15(21-7-3)22-8-4)10-12(11)14(18)20-6-2/h9-10,15H,5-8H2,1-4H3. The van der Waals surface area contributed by atoms with Crippen molar-refractivity contribution in [2.45, 2.75) is 34.1 Å². The molecule has 0 aliphatic heterocycles. The minimum Gasteiger partial charge on any atom is -0.462 e. The molecule has 0 aliphatic carbocycles. The fourth-order valence-electron chi connectivity index (χ4n) is 1.84. The van der Waals surface area contributed by atoms with Crippen molar-refractivity contribution in [3.8, 4) is 0 Å². The smallest absolute Gasteiger partial charge is 0.340 e. The van der Waals surface area contributed by atoms with E-state index in [2.05, 4.69) is 0 Å². The summed E-state index contributed by atoms with van der Waals surface area (Å²) in [6, 6.07) is 0. The highest BCUT2D eigenvalue weighted by atomic mass is 16.7. The van der Waals surface area contributed by atoms with Crippen LogP contribution in [0.2, 0.25) is 0 Å².